The molecule has 0 saturated heterocycles. The largest absolute Gasteiger partial charge is 0.497 e. The summed E-state index contributed by atoms with van der Waals surface area (Å²) in [5.41, 5.74) is 1.21. The van der Waals surface area contributed by atoms with E-state index in [1.54, 1.807) is 7.11 Å². The minimum Gasteiger partial charge on any atom is -0.497 e. The first-order valence-electron chi connectivity index (χ1n) is 7.21. The van der Waals surface area contributed by atoms with E-state index in [1.165, 1.54) is 0 Å². The summed E-state index contributed by atoms with van der Waals surface area (Å²) in [6.45, 7) is 2.48. The topological polar surface area (TPSA) is 47.6 Å². The van der Waals surface area contributed by atoms with Crippen LogP contribution in [-0.2, 0) is 21.5 Å². The van der Waals surface area contributed by atoms with Crippen LogP contribution in [0.4, 0.5) is 0 Å². The number of carbonyl (C=O) groups excluding carboxylic acids is 1. The lowest BCUT2D eigenvalue weighted by Gasteiger charge is -2.37. The molecule has 1 N–H and O–H groups in total. The summed E-state index contributed by atoms with van der Waals surface area (Å²) in [7, 11) is 1.64. The van der Waals surface area contributed by atoms with Gasteiger partial charge >= 0.3 is 5.97 Å². The zero-order valence-electron chi connectivity index (χ0n) is 12.6. The molecule has 4 heteroatoms. The minimum atomic E-state index is -0.845. The molecular formula is C17H21NO3. The van der Waals surface area contributed by atoms with Gasteiger partial charge in [-0.1, -0.05) is 12.0 Å². The molecule has 0 amide bonds. The normalized spacial score (nSPS) is 20.2. The van der Waals surface area contributed by atoms with Crippen molar-refractivity contribution in [2.75, 3.05) is 20.3 Å². The summed E-state index contributed by atoms with van der Waals surface area (Å²) in [6, 6.07) is 5.80. The number of ether oxygens (including phenoxy) is 2. The smallest absolute Gasteiger partial charge is 0.331 e. The molecule has 4 nitrogen and oxygen atoms in total. The predicted octanol–water partition coefficient (Wildman–Crippen LogP) is 2.01. The maximum Gasteiger partial charge on any atom is 0.331 e. The third kappa shape index (κ3) is 2.88. The number of terminal acetylenes is 1. The highest BCUT2D eigenvalue weighted by molar-refractivity contribution is 5.84. The van der Waals surface area contributed by atoms with E-state index in [0.717, 1.165) is 29.7 Å². The SMILES string of the molecule is C#CCNC1(C(=O)OCC)CCCc2cc(OC)ccc21. The fourth-order valence-electron chi connectivity index (χ4n) is 2.92. The molecule has 1 aromatic carbocycles. The van der Waals surface area contributed by atoms with Gasteiger partial charge in [-0.15, -0.1) is 6.42 Å². The molecule has 0 radical (unpaired) electrons. The van der Waals surface area contributed by atoms with E-state index in [0.29, 0.717) is 19.6 Å². The van der Waals surface area contributed by atoms with Crippen LogP contribution < -0.4 is 10.1 Å². The molecule has 0 spiro atoms. The van der Waals surface area contributed by atoms with Gasteiger partial charge in [0.15, 0.2) is 0 Å². The Labute approximate surface area is 125 Å². The molecule has 0 aromatic heterocycles. The number of rotatable bonds is 5. The van der Waals surface area contributed by atoms with Crippen molar-refractivity contribution in [2.45, 2.75) is 31.7 Å². The number of hydrogen-bond acceptors (Lipinski definition) is 4. The van der Waals surface area contributed by atoms with Crippen LogP contribution in [0.3, 0.4) is 0 Å². The van der Waals surface area contributed by atoms with Crippen LogP contribution in [0, 0.1) is 12.3 Å². The molecule has 1 aliphatic rings. The first-order valence-corrected chi connectivity index (χ1v) is 7.21. The van der Waals surface area contributed by atoms with Crippen LogP contribution in [-0.4, -0.2) is 26.2 Å². The molecule has 0 fully saturated rings. The highest BCUT2D eigenvalue weighted by atomic mass is 16.5. The van der Waals surface area contributed by atoms with Gasteiger partial charge in [0.2, 0.25) is 0 Å². The van der Waals surface area contributed by atoms with Crippen LogP contribution in [0.5, 0.6) is 5.75 Å². The number of esters is 1. The molecule has 112 valence electrons. The summed E-state index contributed by atoms with van der Waals surface area (Å²) in [6.07, 6.45) is 7.87. The van der Waals surface area contributed by atoms with Gasteiger partial charge in [-0.05, 0) is 49.4 Å². The van der Waals surface area contributed by atoms with Crippen LogP contribution >= 0.6 is 0 Å². The fourth-order valence-corrected chi connectivity index (χ4v) is 2.92. The van der Waals surface area contributed by atoms with Crippen LogP contribution in [0.25, 0.3) is 0 Å². The fraction of sp³-hybridized carbons (Fsp3) is 0.471. The highest BCUT2D eigenvalue weighted by Gasteiger charge is 2.44. The molecule has 1 aliphatic carbocycles. The zero-order chi connectivity index (χ0) is 15.3. The quantitative estimate of drug-likeness (QED) is 0.665. The average molecular weight is 287 g/mol. The average Bonchev–Trinajstić information content (AvgIpc) is 2.52. The van der Waals surface area contributed by atoms with Crippen molar-refractivity contribution in [1.82, 2.24) is 5.32 Å². The second-order valence-electron chi connectivity index (χ2n) is 5.06. The van der Waals surface area contributed by atoms with Crippen LogP contribution in [0.15, 0.2) is 18.2 Å². The number of benzene rings is 1. The van der Waals surface area contributed by atoms with Crippen molar-refractivity contribution in [3.63, 3.8) is 0 Å². The maximum atomic E-state index is 12.6. The maximum absolute atomic E-state index is 12.6. The lowest BCUT2D eigenvalue weighted by Crippen LogP contribution is -2.52. The third-order valence-corrected chi connectivity index (χ3v) is 3.89. The molecule has 2 rings (SSSR count). The van der Waals surface area contributed by atoms with Crippen molar-refractivity contribution in [3.8, 4) is 18.1 Å². The van der Waals surface area contributed by atoms with E-state index in [9.17, 15) is 4.79 Å². The van der Waals surface area contributed by atoms with Crippen molar-refractivity contribution in [1.29, 1.82) is 0 Å². The number of carbonyl (C=O) groups is 1. The molecule has 1 atom stereocenters. The molecule has 0 aliphatic heterocycles. The molecule has 1 aromatic rings. The molecule has 0 bridgehead atoms. The number of fused-ring (bicyclic) bond motifs is 1. The van der Waals surface area contributed by atoms with Crippen molar-refractivity contribution < 1.29 is 14.3 Å². The number of nitrogens with one attached hydrogen (secondary N) is 1. The van der Waals surface area contributed by atoms with Crippen LogP contribution in [0.2, 0.25) is 0 Å². The van der Waals surface area contributed by atoms with E-state index in [4.69, 9.17) is 15.9 Å². The van der Waals surface area contributed by atoms with Gasteiger partial charge in [-0.3, -0.25) is 5.32 Å². The molecular weight excluding hydrogens is 266 g/mol. The Balaban J connectivity index is 2.47. The van der Waals surface area contributed by atoms with Gasteiger partial charge in [0.05, 0.1) is 20.3 Å². The summed E-state index contributed by atoms with van der Waals surface area (Å²) in [4.78, 5) is 12.6. The number of aryl methyl sites for hydroxylation is 1. The Morgan fingerprint density at radius 2 is 2.33 bits per heavy atom. The van der Waals surface area contributed by atoms with Crippen LogP contribution in [0.1, 0.15) is 30.9 Å². The third-order valence-electron chi connectivity index (χ3n) is 3.89. The molecule has 21 heavy (non-hydrogen) atoms. The first kappa shape index (κ1) is 15.4. The van der Waals surface area contributed by atoms with Crippen molar-refractivity contribution in [2.24, 2.45) is 0 Å². The molecule has 0 saturated carbocycles. The second kappa shape index (κ2) is 6.64. The zero-order valence-corrected chi connectivity index (χ0v) is 12.6. The predicted molar refractivity (Wildman–Crippen MR) is 81.1 cm³/mol. The lowest BCUT2D eigenvalue weighted by atomic mass is 9.76. The monoisotopic (exact) mass is 287 g/mol. The van der Waals surface area contributed by atoms with Gasteiger partial charge in [-0.25, -0.2) is 4.79 Å². The lowest BCUT2D eigenvalue weighted by molar-refractivity contribution is -0.152. The Morgan fingerprint density at radius 1 is 1.52 bits per heavy atom. The highest BCUT2D eigenvalue weighted by Crippen LogP contribution is 2.38. The minimum absolute atomic E-state index is 0.258. The second-order valence-corrected chi connectivity index (χ2v) is 5.06. The van der Waals surface area contributed by atoms with Gasteiger partial charge in [0.25, 0.3) is 0 Å². The number of hydrogen-bond donors (Lipinski definition) is 1. The van der Waals surface area contributed by atoms with Gasteiger partial charge < -0.3 is 9.47 Å². The molecule has 1 unspecified atom stereocenters. The first-order chi connectivity index (χ1) is 10.2. The van der Waals surface area contributed by atoms with E-state index in [2.05, 4.69) is 11.2 Å². The Morgan fingerprint density at radius 3 is 3.00 bits per heavy atom. The summed E-state index contributed by atoms with van der Waals surface area (Å²) >= 11 is 0. The molecule has 0 heterocycles. The standard InChI is InChI=1S/C17H21NO3/c1-4-11-18-17(16(19)21-5-2)10-6-7-13-12-14(20-3)8-9-15(13)17/h1,8-9,12,18H,5-7,10-11H2,2-3H3. The van der Waals surface area contributed by atoms with Gasteiger partial charge in [0.1, 0.15) is 11.3 Å². The van der Waals surface area contributed by atoms with Crippen molar-refractivity contribution in [3.05, 3.63) is 29.3 Å². The Bertz CT molecular complexity index is 562. The van der Waals surface area contributed by atoms with Crippen molar-refractivity contribution >= 4 is 5.97 Å². The summed E-state index contributed by atoms with van der Waals surface area (Å²) in [5.74, 6) is 3.09. The Kier molecular flexibility index (Phi) is 4.87. The summed E-state index contributed by atoms with van der Waals surface area (Å²) in [5, 5.41) is 3.21. The van der Waals surface area contributed by atoms with E-state index >= 15 is 0 Å². The van der Waals surface area contributed by atoms with E-state index < -0.39 is 5.54 Å². The van der Waals surface area contributed by atoms with Gasteiger partial charge in [0, 0.05) is 0 Å². The van der Waals surface area contributed by atoms with E-state index in [1.807, 2.05) is 25.1 Å². The number of methoxy groups -OCH3 is 1. The summed E-state index contributed by atoms with van der Waals surface area (Å²) < 4.78 is 10.6. The van der Waals surface area contributed by atoms with E-state index in [-0.39, 0.29) is 5.97 Å². The Hall–Kier alpha value is -1.99. The van der Waals surface area contributed by atoms with Gasteiger partial charge in [-0.2, -0.15) is 0 Å².